The monoisotopic (exact) mass is 188 g/mol. The van der Waals surface area contributed by atoms with Crippen LogP contribution < -0.4 is 0 Å². The molecule has 0 heterocycles. The molecule has 0 heteroatoms. The van der Waals surface area contributed by atoms with Gasteiger partial charge in [0.1, 0.15) is 0 Å². The molecule has 1 fully saturated rings. The SMILES string of the molecule is CCCC[C@@H]1C[C@H]1c1ccccc1C. The molecule has 0 radical (unpaired) electrons. The molecule has 0 bridgehead atoms. The fraction of sp³-hybridized carbons (Fsp3) is 0.571. The van der Waals surface area contributed by atoms with E-state index >= 15 is 0 Å². The zero-order valence-electron chi connectivity index (χ0n) is 9.29. The van der Waals surface area contributed by atoms with Crippen LogP contribution in [0.2, 0.25) is 0 Å². The number of hydrogen-bond donors (Lipinski definition) is 0. The first-order chi connectivity index (χ1) is 6.83. The molecule has 0 spiro atoms. The zero-order valence-corrected chi connectivity index (χ0v) is 9.29. The van der Waals surface area contributed by atoms with Crippen molar-refractivity contribution in [1.29, 1.82) is 0 Å². The predicted molar refractivity (Wildman–Crippen MR) is 61.6 cm³/mol. The minimum absolute atomic E-state index is 0.891. The van der Waals surface area contributed by atoms with Crippen LogP contribution >= 0.6 is 0 Å². The maximum Gasteiger partial charge on any atom is -0.0128 e. The molecule has 1 aromatic carbocycles. The average Bonchev–Trinajstić information content (AvgIpc) is 2.95. The molecule has 1 saturated carbocycles. The smallest absolute Gasteiger partial charge is 0.0128 e. The normalized spacial score (nSPS) is 25.0. The molecule has 2 atom stereocenters. The van der Waals surface area contributed by atoms with Gasteiger partial charge in [0.25, 0.3) is 0 Å². The maximum absolute atomic E-state index is 2.31. The highest BCUT2D eigenvalue weighted by Gasteiger charge is 2.37. The minimum Gasteiger partial charge on any atom is -0.0654 e. The van der Waals surface area contributed by atoms with Gasteiger partial charge in [0.2, 0.25) is 0 Å². The van der Waals surface area contributed by atoms with E-state index in [1.54, 1.807) is 5.56 Å². The third-order valence-corrected chi connectivity index (χ3v) is 3.44. The third-order valence-electron chi connectivity index (χ3n) is 3.44. The predicted octanol–water partition coefficient (Wildman–Crippen LogP) is 4.29. The highest BCUT2D eigenvalue weighted by molar-refractivity contribution is 5.33. The van der Waals surface area contributed by atoms with Gasteiger partial charge >= 0.3 is 0 Å². The Balaban J connectivity index is 1.96. The van der Waals surface area contributed by atoms with Gasteiger partial charge in [0.15, 0.2) is 0 Å². The number of unbranched alkanes of at least 4 members (excludes halogenated alkanes) is 1. The molecule has 14 heavy (non-hydrogen) atoms. The quantitative estimate of drug-likeness (QED) is 0.661. The fourth-order valence-electron chi connectivity index (χ4n) is 2.42. The molecule has 1 aromatic rings. The van der Waals surface area contributed by atoms with Crippen molar-refractivity contribution < 1.29 is 0 Å². The van der Waals surface area contributed by atoms with Crippen molar-refractivity contribution in [3.63, 3.8) is 0 Å². The highest BCUT2D eigenvalue weighted by atomic mass is 14.4. The summed E-state index contributed by atoms with van der Waals surface area (Å²) in [5.74, 6) is 1.89. The van der Waals surface area contributed by atoms with Crippen molar-refractivity contribution in [3.05, 3.63) is 35.4 Å². The summed E-state index contributed by atoms with van der Waals surface area (Å²) in [7, 11) is 0. The molecule has 0 aliphatic heterocycles. The third kappa shape index (κ3) is 2.00. The Morgan fingerprint density at radius 3 is 2.79 bits per heavy atom. The first-order valence-electron chi connectivity index (χ1n) is 5.88. The topological polar surface area (TPSA) is 0 Å². The van der Waals surface area contributed by atoms with Crippen LogP contribution in [0.25, 0.3) is 0 Å². The van der Waals surface area contributed by atoms with Crippen LogP contribution in [0.3, 0.4) is 0 Å². The largest absolute Gasteiger partial charge is 0.0654 e. The zero-order chi connectivity index (χ0) is 9.97. The van der Waals surface area contributed by atoms with Crippen LogP contribution in [0.5, 0.6) is 0 Å². The summed E-state index contributed by atoms with van der Waals surface area (Å²) in [6.45, 7) is 4.52. The molecule has 76 valence electrons. The van der Waals surface area contributed by atoms with Crippen LogP contribution in [0.4, 0.5) is 0 Å². The number of rotatable bonds is 4. The van der Waals surface area contributed by atoms with Crippen molar-refractivity contribution in [2.24, 2.45) is 5.92 Å². The summed E-state index contributed by atoms with van der Waals surface area (Å²) >= 11 is 0. The van der Waals surface area contributed by atoms with Crippen molar-refractivity contribution in [2.75, 3.05) is 0 Å². The summed E-state index contributed by atoms with van der Waals surface area (Å²) < 4.78 is 0. The van der Waals surface area contributed by atoms with Gasteiger partial charge in [-0.3, -0.25) is 0 Å². The van der Waals surface area contributed by atoms with E-state index in [0.29, 0.717) is 0 Å². The molecule has 0 N–H and O–H groups in total. The Morgan fingerprint density at radius 2 is 2.07 bits per heavy atom. The Bertz CT molecular complexity index is 301. The number of hydrogen-bond acceptors (Lipinski definition) is 0. The fourth-order valence-corrected chi connectivity index (χ4v) is 2.42. The first kappa shape index (κ1) is 9.76. The standard InChI is InChI=1S/C14H20/c1-3-4-8-12-10-14(12)13-9-6-5-7-11(13)2/h5-7,9,12,14H,3-4,8,10H2,1-2H3/t12-,14-/m1/s1. The minimum atomic E-state index is 0.891. The molecule has 0 unspecified atom stereocenters. The van der Waals surface area contributed by atoms with E-state index in [-0.39, 0.29) is 0 Å². The van der Waals surface area contributed by atoms with E-state index in [2.05, 4.69) is 38.1 Å². The van der Waals surface area contributed by atoms with Crippen LogP contribution in [0.1, 0.15) is 49.7 Å². The van der Waals surface area contributed by atoms with Gasteiger partial charge in [-0.2, -0.15) is 0 Å². The summed E-state index contributed by atoms with van der Waals surface area (Å²) in [6.07, 6.45) is 5.63. The lowest BCUT2D eigenvalue weighted by Gasteiger charge is -2.04. The van der Waals surface area contributed by atoms with E-state index in [1.807, 2.05) is 0 Å². The lowest BCUT2D eigenvalue weighted by atomic mass is 10.0. The molecule has 0 saturated heterocycles. The van der Waals surface area contributed by atoms with Crippen molar-refractivity contribution >= 4 is 0 Å². The van der Waals surface area contributed by atoms with Crippen molar-refractivity contribution in [2.45, 2.75) is 45.4 Å². The highest BCUT2D eigenvalue weighted by Crippen LogP contribution is 2.50. The Hall–Kier alpha value is -0.780. The molecule has 1 aliphatic rings. The van der Waals surface area contributed by atoms with E-state index < -0.39 is 0 Å². The van der Waals surface area contributed by atoms with Crippen LogP contribution in [-0.4, -0.2) is 0 Å². The second-order valence-corrected chi connectivity index (χ2v) is 4.60. The summed E-state index contributed by atoms with van der Waals surface area (Å²) in [5, 5.41) is 0. The van der Waals surface area contributed by atoms with Crippen LogP contribution in [-0.2, 0) is 0 Å². The number of aryl methyl sites for hydroxylation is 1. The van der Waals surface area contributed by atoms with E-state index in [9.17, 15) is 0 Å². The van der Waals surface area contributed by atoms with Gasteiger partial charge < -0.3 is 0 Å². The molecule has 0 nitrogen and oxygen atoms in total. The second kappa shape index (κ2) is 4.16. The number of benzene rings is 1. The first-order valence-corrected chi connectivity index (χ1v) is 5.88. The molecule has 0 aromatic heterocycles. The van der Waals surface area contributed by atoms with Gasteiger partial charge in [0.05, 0.1) is 0 Å². The van der Waals surface area contributed by atoms with Gasteiger partial charge in [-0.05, 0) is 42.7 Å². The average molecular weight is 188 g/mol. The molecule has 1 aliphatic carbocycles. The van der Waals surface area contributed by atoms with E-state index in [1.165, 1.54) is 31.2 Å². The van der Waals surface area contributed by atoms with Gasteiger partial charge in [0, 0.05) is 0 Å². The van der Waals surface area contributed by atoms with Crippen LogP contribution in [0.15, 0.2) is 24.3 Å². The summed E-state index contributed by atoms with van der Waals surface area (Å²) in [4.78, 5) is 0. The molecular formula is C14H20. The summed E-state index contributed by atoms with van der Waals surface area (Å²) in [5.41, 5.74) is 3.09. The summed E-state index contributed by atoms with van der Waals surface area (Å²) in [6, 6.07) is 8.87. The Kier molecular flexibility index (Phi) is 2.90. The molecule has 2 rings (SSSR count). The lowest BCUT2D eigenvalue weighted by molar-refractivity contribution is 0.639. The molecular weight excluding hydrogens is 168 g/mol. The van der Waals surface area contributed by atoms with Gasteiger partial charge in [-0.1, -0.05) is 44.0 Å². The van der Waals surface area contributed by atoms with E-state index in [4.69, 9.17) is 0 Å². The Morgan fingerprint density at radius 1 is 1.29 bits per heavy atom. The van der Waals surface area contributed by atoms with Gasteiger partial charge in [-0.25, -0.2) is 0 Å². The maximum atomic E-state index is 2.31. The Labute approximate surface area is 87.3 Å². The lowest BCUT2D eigenvalue weighted by Crippen LogP contribution is -1.87. The second-order valence-electron chi connectivity index (χ2n) is 4.60. The van der Waals surface area contributed by atoms with E-state index in [0.717, 1.165) is 11.8 Å². The van der Waals surface area contributed by atoms with Gasteiger partial charge in [-0.15, -0.1) is 0 Å². The molecule has 0 amide bonds. The van der Waals surface area contributed by atoms with Crippen molar-refractivity contribution in [3.8, 4) is 0 Å². The van der Waals surface area contributed by atoms with Crippen molar-refractivity contribution in [1.82, 2.24) is 0 Å². The van der Waals surface area contributed by atoms with Crippen LogP contribution in [0, 0.1) is 12.8 Å².